The lowest BCUT2D eigenvalue weighted by Gasteiger charge is -2.29. The van der Waals surface area contributed by atoms with Gasteiger partial charge in [0, 0.05) is 13.1 Å². The number of nitrogens with one attached hydrogen (secondary N) is 1. The number of carbonyl (C=O) groups excluding carboxylic acids is 2. The lowest BCUT2D eigenvalue weighted by Crippen LogP contribution is -2.43. The highest BCUT2D eigenvalue weighted by molar-refractivity contribution is 6.09. The summed E-state index contributed by atoms with van der Waals surface area (Å²) >= 11 is 0. The molecule has 1 saturated heterocycles. The number of rotatable bonds is 4. The molecule has 0 spiro atoms. The van der Waals surface area contributed by atoms with Gasteiger partial charge in [0.2, 0.25) is 5.91 Å². The van der Waals surface area contributed by atoms with Crippen LogP contribution < -0.4 is 10.2 Å². The molecule has 2 aliphatic rings. The predicted molar refractivity (Wildman–Crippen MR) is 104 cm³/mol. The fourth-order valence-corrected chi connectivity index (χ4v) is 3.37. The van der Waals surface area contributed by atoms with Gasteiger partial charge in [-0.25, -0.2) is 4.79 Å². The molecular weight excluding hydrogens is 403 g/mol. The molecule has 0 radical (unpaired) electrons. The molecule has 1 fully saturated rings. The number of carboxylic acids is 1. The van der Waals surface area contributed by atoms with E-state index >= 15 is 0 Å². The Morgan fingerprint density at radius 2 is 1.83 bits per heavy atom. The first-order chi connectivity index (χ1) is 14.1. The van der Waals surface area contributed by atoms with Crippen LogP contribution in [0.1, 0.15) is 23.2 Å². The molecule has 1 aromatic carbocycles. The standard InChI is InChI=1S/C18H23N3O2.C2HF3O2/c1-2-11-21-16-6-4-3-5-15(16)18(23)20(13-17(21)22)12-14-7-9-19-10-8-14;3-2(4,5)1(6)7/h2-6,14,19H,1,7-13H2;(H,6,7). The third kappa shape index (κ3) is 6.06. The van der Waals surface area contributed by atoms with E-state index in [1.165, 1.54) is 0 Å². The minimum absolute atomic E-state index is 0.0426. The molecule has 3 rings (SSSR count). The molecule has 0 bridgehead atoms. The molecule has 1 aromatic rings. The Labute approximate surface area is 172 Å². The molecule has 30 heavy (non-hydrogen) atoms. The Hall–Kier alpha value is -2.88. The average Bonchev–Trinajstić information content (AvgIpc) is 2.80. The molecule has 164 valence electrons. The van der Waals surface area contributed by atoms with Crippen LogP contribution >= 0.6 is 0 Å². The number of hydrogen-bond acceptors (Lipinski definition) is 4. The second-order valence-corrected chi connectivity index (χ2v) is 6.99. The van der Waals surface area contributed by atoms with Gasteiger partial charge in [-0.1, -0.05) is 18.2 Å². The molecule has 10 heteroatoms. The molecule has 2 amide bonds. The van der Waals surface area contributed by atoms with Gasteiger partial charge in [-0.05, 0) is 44.0 Å². The van der Waals surface area contributed by atoms with Crippen LogP contribution in [0.15, 0.2) is 36.9 Å². The van der Waals surface area contributed by atoms with Crippen molar-refractivity contribution < 1.29 is 32.7 Å². The maximum absolute atomic E-state index is 12.9. The summed E-state index contributed by atoms with van der Waals surface area (Å²) in [6.07, 6.45) is -1.28. The van der Waals surface area contributed by atoms with Crippen molar-refractivity contribution in [2.75, 3.05) is 37.6 Å². The van der Waals surface area contributed by atoms with Crippen LogP contribution in [0, 0.1) is 5.92 Å². The summed E-state index contributed by atoms with van der Waals surface area (Å²) in [6, 6.07) is 7.35. The Morgan fingerprint density at radius 1 is 1.23 bits per heavy atom. The Kier molecular flexibility index (Phi) is 7.99. The quantitative estimate of drug-likeness (QED) is 0.720. The van der Waals surface area contributed by atoms with Crippen molar-refractivity contribution in [1.29, 1.82) is 0 Å². The van der Waals surface area contributed by atoms with E-state index in [-0.39, 0.29) is 18.4 Å². The number of anilines is 1. The number of amides is 2. The number of hydrogen-bond donors (Lipinski definition) is 2. The molecule has 2 heterocycles. The van der Waals surface area contributed by atoms with E-state index in [4.69, 9.17) is 9.90 Å². The smallest absolute Gasteiger partial charge is 0.475 e. The number of piperidine rings is 1. The zero-order valence-corrected chi connectivity index (χ0v) is 16.3. The number of fused-ring (bicyclic) bond motifs is 1. The van der Waals surface area contributed by atoms with E-state index in [0.717, 1.165) is 25.9 Å². The molecule has 0 unspecified atom stereocenters. The number of nitrogens with zero attached hydrogens (tertiary/aromatic N) is 2. The van der Waals surface area contributed by atoms with Gasteiger partial charge in [0.05, 0.1) is 11.3 Å². The third-order valence-corrected chi connectivity index (χ3v) is 4.83. The maximum atomic E-state index is 12.9. The van der Waals surface area contributed by atoms with E-state index in [2.05, 4.69) is 11.9 Å². The average molecular weight is 427 g/mol. The van der Waals surface area contributed by atoms with E-state index in [0.29, 0.717) is 30.3 Å². The molecule has 2 N–H and O–H groups in total. The van der Waals surface area contributed by atoms with Gasteiger partial charge in [0.25, 0.3) is 5.91 Å². The summed E-state index contributed by atoms with van der Waals surface area (Å²) in [5.41, 5.74) is 1.30. The van der Waals surface area contributed by atoms with Crippen molar-refractivity contribution in [1.82, 2.24) is 10.2 Å². The molecule has 0 aliphatic carbocycles. The molecule has 0 atom stereocenters. The number of carboxylic acid groups (broad SMARTS) is 1. The number of para-hydroxylation sites is 1. The number of aliphatic carboxylic acids is 1. The number of benzene rings is 1. The van der Waals surface area contributed by atoms with Gasteiger partial charge in [0.1, 0.15) is 6.54 Å². The molecule has 7 nitrogen and oxygen atoms in total. The van der Waals surface area contributed by atoms with Gasteiger partial charge in [-0.2, -0.15) is 13.2 Å². The number of carbonyl (C=O) groups is 3. The minimum atomic E-state index is -5.08. The highest BCUT2D eigenvalue weighted by Crippen LogP contribution is 2.26. The van der Waals surface area contributed by atoms with Crippen LogP contribution in [0.3, 0.4) is 0 Å². The molecule has 2 aliphatic heterocycles. The van der Waals surface area contributed by atoms with E-state index in [1.807, 2.05) is 24.3 Å². The van der Waals surface area contributed by atoms with Crippen LogP contribution in [0.25, 0.3) is 0 Å². The summed E-state index contributed by atoms with van der Waals surface area (Å²) in [5.74, 6) is -2.38. The summed E-state index contributed by atoms with van der Waals surface area (Å²) < 4.78 is 31.7. The zero-order valence-electron chi connectivity index (χ0n) is 16.3. The predicted octanol–water partition coefficient (Wildman–Crippen LogP) is 2.29. The van der Waals surface area contributed by atoms with Crippen molar-refractivity contribution >= 4 is 23.5 Å². The summed E-state index contributed by atoms with van der Waals surface area (Å²) in [4.78, 5) is 37.8. The Morgan fingerprint density at radius 3 is 2.40 bits per heavy atom. The van der Waals surface area contributed by atoms with Crippen molar-refractivity contribution in [2.45, 2.75) is 19.0 Å². The SMILES string of the molecule is C=CCN1C(=O)CN(CC2CCNCC2)C(=O)c2ccccc21.O=C(O)C(F)(F)F. The fraction of sp³-hybridized carbons (Fsp3) is 0.450. The molecular formula is C20H24F3N3O4. The lowest BCUT2D eigenvalue weighted by atomic mass is 9.97. The van der Waals surface area contributed by atoms with Crippen LogP contribution in [0.4, 0.5) is 18.9 Å². The second-order valence-electron chi connectivity index (χ2n) is 6.99. The van der Waals surface area contributed by atoms with Gasteiger partial charge in [0.15, 0.2) is 0 Å². The van der Waals surface area contributed by atoms with Crippen molar-refractivity contribution in [2.24, 2.45) is 5.92 Å². The topological polar surface area (TPSA) is 90.0 Å². The van der Waals surface area contributed by atoms with Gasteiger partial charge in [-0.3, -0.25) is 9.59 Å². The van der Waals surface area contributed by atoms with Crippen LogP contribution in [0.2, 0.25) is 0 Å². The third-order valence-electron chi connectivity index (χ3n) is 4.83. The highest BCUT2D eigenvalue weighted by Gasteiger charge is 2.38. The Bertz CT molecular complexity index is 792. The largest absolute Gasteiger partial charge is 0.490 e. The summed E-state index contributed by atoms with van der Waals surface area (Å²) in [5, 5.41) is 10.5. The number of alkyl halides is 3. The van der Waals surface area contributed by atoms with E-state index < -0.39 is 12.1 Å². The van der Waals surface area contributed by atoms with Crippen molar-refractivity contribution in [3.8, 4) is 0 Å². The first-order valence-corrected chi connectivity index (χ1v) is 9.45. The molecule has 0 saturated carbocycles. The van der Waals surface area contributed by atoms with E-state index in [1.54, 1.807) is 15.9 Å². The monoisotopic (exact) mass is 427 g/mol. The highest BCUT2D eigenvalue weighted by atomic mass is 19.4. The van der Waals surface area contributed by atoms with Crippen molar-refractivity contribution in [3.63, 3.8) is 0 Å². The normalized spacial score (nSPS) is 17.6. The van der Waals surface area contributed by atoms with Crippen molar-refractivity contribution in [3.05, 3.63) is 42.5 Å². The lowest BCUT2D eigenvalue weighted by molar-refractivity contribution is -0.192. The van der Waals surface area contributed by atoms with Crippen LogP contribution in [0.5, 0.6) is 0 Å². The fourth-order valence-electron chi connectivity index (χ4n) is 3.37. The first-order valence-electron chi connectivity index (χ1n) is 9.45. The second kappa shape index (κ2) is 10.2. The van der Waals surface area contributed by atoms with Crippen LogP contribution in [-0.4, -0.2) is 66.7 Å². The van der Waals surface area contributed by atoms with Gasteiger partial charge < -0.3 is 20.2 Å². The van der Waals surface area contributed by atoms with Gasteiger partial charge in [-0.15, -0.1) is 6.58 Å². The summed E-state index contributed by atoms with van der Waals surface area (Å²) in [7, 11) is 0. The molecule has 0 aromatic heterocycles. The van der Waals surface area contributed by atoms with E-state index in [9.17, 15) is 22.8 Å². The van der Waals surface area contributed by atoms with Crippen LogP contribution in [-0.2, 0) is 9.59 Å². The Balaban J connectivity index is 0.000000396. The zero-order chi connectivity index (χ0) is 22.3. The maximum Gasteiger partial charge on any atom is 0.490 e. The van der Waals surface area contributed by atoms with Gasteiger partial charge >= 0.3 is 12.1 Å². The minimum Gasteiger partial charge on any atom is -0.475 e. The summed E-state index contributed by atoms with van der Waals surface area (Å²) in [6.45, 7) is 6.92. The first kappa shape index (κ1) is 23.4. The number of halogens is 3.